The van der Waals surface area contributed by atoms with Crippen LogP contribution in [0.1, 0.15) is 18.7 Å². The Morgan fingerprint density at radius 2 is 1.86 bits per heavy atom. The van der Waals surface area contributed by atoms with Crippen LogP contribution in [0, 0.1) is 0 Å². The van der Waals surface area contributed by atoms with Gasteiger partial charge in [-0.3, -0.25) is 9.59 Å². The zero-order valence-corrected chi connectivity index (χ0v) is 20.2. The van der Waals surface area contributed by atoms with Crippen LogP contribution in [0.25, 0.3) is 22.5 Å². The predicted octanol–water partition coefficient (Wildman–Crippen LogP) is 3.77. The predicted molar refractivity (Wildman–Crippen MR) is 136 cm³/mol. The first-order valence-corrected chi connectivity index (χ1v) is 11.8. The molecule has 2 aromatic heterocycles. The molecule has 36 heavy (non-hydrogen) atoms. The normalized spacial score (nSPS) is 12.6. The van der Waals surface area contributed by atoms with Gasteiger partial charge < -0.3 is 19.4 Å². The van der Waals surface area contributed by atoms with Crippen LogP contribution < -0.4 is 20.3 Å². The number of carbonyl (C=O) groups excluding carboxylic acids is 1. The molecule has 1 N–H and O–H groups in total. The van der Waals surface area contributed by atoms with Gasteiger partial charge in [0.15, 0.2) is 0 Å². The van der Waals surface area contributed by atoms with Crippen molar-refractivity contribution in [3.05, 3.63) is 77.0 Å². The van der Waals surface area contributed by atoms with E-state index in [0.717, 1.165) is 47.6 Å². The second kappa shape index (κ2) is 10.1. The zero-order valence-electron chi connectivity index (χ0n) is 20.2. The quantitative estimate of drug-likeness (QED) is 0.428. The fraction of sp³-hybridized carbons (Fsp3) is 0.259. The molecule has 4 aromatic rings. The number of para-hydroxylation sites is 1. The summed E-state index contributed by atoms with van der Waals surface area (Å²) in [5.74, 6) is 1.91. The van der Waals surface area contributed by atoms with E-state index < -0.39 is 0 Å². The maximum Gasteiger partial charge on any atom is 0.267 e. The Balaban J connectivity index is 1.39. The third kappa shape index (κ3) is 4.72. The number of aromatic nitrogens is 4. The van der Waals surface area contributed by atoms with E-state index in [9.17, 15) is 9.59 Å². The van der Waals surface area contributed by atoms with Gasteiger partial charge in [0, 0.05) is 36.4 Å². The molecule has 0 spiro atoms. The summed E-state index contributed by atoms with van der Waals surface area (Å²) < 4.78 is 14.1. The molecule has 9 nitrogen and oxygen atoms in total. The van der Waals surface area contributed by atoms with Crippen LogP contribution in [-0.4, -0.2) is 39.5 Å². The van der Waals surface area contributed by atoms with E-state index in [0.29, 0.717) is 28.4 Å². The molecule has 0 bridgehead atoms. The average molecular weight is 486 g/mol. The van der Waals surface area contributed by atoms with Gasteiger partial charge in [-0.2, -0.15) is 5.10 Å². The van der Waals surface area contributed by atoms with Gasteiger partial charge in [0.05, 0.1) is 31.3 Å². The Morgan fingerprint density at radius 1 is 1.00 bits per heavy atom. The van der Waals surface area contributed by atoms with Crippen LogP contribution in [0.4, 0.5) is 5.69 Å². The summed E-state index contributed by atoms with van der Waals surface area (Å²) in [6.07, 6.45) is 5.27. The Kier molecular flexibility index (Phi) is 6.53. The smallest absolute Gasteiger partial charge is 0.267 e. The first-order valence-electron chi connectivity index (χ1n) is 11.8. The summed E-state index contributed by atoms with van der Waals surface area (Å²) in [7, 11) is 3.13. The van der Waals surface area contributed by atoms with Crippen molar-refractivity contribution in [3.63, 3.8) is 0 Å². The number of nitrogens with zero attached hydrogens (tertiary/aromatic N) is 4. The Hall–Kier alpha value is -4.40. The number of anilines is 1. The number of hydrogen-bond donors (Lipinski definition) is 1. The highest BCUT2D eigenvalue weighted by molar-refractivity contribution is 5.94. The van der Waals surface area contributed by atoms with Crippen molar-refractivity contribution >= 4 is 11.6 Å². The number of amides is 1. The molecule has 184 valence electrons. The summed E-state index contributed by atoms with van der Waals surface area (Å²) in [5.41, 5.74) is 3.05. The average Bonchev–Trinajstić information content (AvgIpc) is 3.34. The van der Waals surface area contributed by atoms with Gasteiger partial charge in [0.1, 0.15) is 23.9 Å². The van der Waals surface area contributed by atoms with Crippen LogP contribution >= 0.6 is 0 Å². The number of imidazole rings is 1. The second-order valence-electron chi connectivity index (χ2n) is 8.57. The molecule has 0 radical (unpaired) electrons. The maximum absolute atomic E-state index is 13.0. The van der Waals surface area contributed by atoms with Crippen molar-refractivity contribution in [2.24, 2.45) is 0 Å². The summed E-state index contributed by atoms with van der Waals surface area (Å²) >= 11 is 0. The molecule has 1 aliphatic heterocycles. The van der Waals surface area contributed by atoms with Crippen LogP contribution in [0.2, 0.25) is 0 Å². The van der Waals surface area contributed by atoms with Crippen LogP contribution in [0.15, 0.2) is 65.6 Å². The van der Waals surface area contributed by atoms with Crippen molar-refractivity contribution in [1.29, 1.82) is 0 Å². The maximum atomic E-state index is 13.0. The summed E-state index contributed by atoms with van der Waals surface area (Å²) in [4.78, 5) is 30.3. The fourth-order valence-corrected chi connectivity index (χ4v) is 4.40. The summed E-state index contributed by atoms with van der Waals surface area (Å²) in [6.45, 7) is 0.715. The van der Waals surface area contributed by atoms with E-state index in [-0.39, 0.29) is 18.0 Å². The van der Waals surface area contributed by atoms with Crippen LogP contribution in [0.5, 0.6) is 11.5 Å². The fourth-order valence-electron chi connectivity index (χ4n) is 4.40. The molecule has 1 aliphatic rings. The first-order chi connectivity index (χ1) is 17.6. The molecule has 1 amide bonds. The minimum absolute atomic E-state index is 0.243. The number of hydrogen-bond acceptors (Lipinski definition) is 6. The number of ether oxygens (including phenoxy) is 2. The van der Waals surface area contributed by atoms with E-state index in [1.165, 1.54) is 6.07 Å². The molecule has 0 unspecified atom stereocenters. The number of aryl methyl sites for hydroxylation is 2. The van der Waals surface area contributed by atoms with Crippen LogP contribution in [-0.2, 0) is 24.3 Å². The molecular formula is C27H27N5O4. The molecule has 0 saturated carbocycles. The lowest BCUT2D eigenvalue weighted by Crippen LogP contribution is -2.29. The van der Waals surface area contributed by atoms with Gasteiger partial charge in [-0.1, -0.05) is 18.2 Å². The third-order valence-electron chi connectivity index (χ3n) is 6.23. The highest BCUT2D eigenvalue weighted by Crippen LogP contribution is 2.32. The number of benzene rings is 2. The number of nitrogens with one attached hydrogen (secondary N) is 1. The Labute approximate surface area is 208 Å². The molecule has 0 atom stereocenters. The number of carbonyl (C=O) groups is 1. The molecule has 2 aromatic carbocycles. The molecule has 5 rings (SSSR count). The number of rotatable bonds is 7. The lowest BCUT2D eigenvalue weighted by Gasteiger charge is -2.13. The monoisotopic (exact) mass is 485 g/mol. The first kappa shape index (κ1) is 23.3. The van der Waals surface area contributed by atoms with Gasteiger partial charge in [-0.25, -0.2) is 9.67 Å². The van der Waals surface area contributed by atoms with Crippen molar-refractivity contribution in [2.45, 2.75) is 32.4 Å². The lowest BCUT2D eigenvalue weighted by atomic mass is 10.1. The minimum atomic E-state index is -0.383. The van der Waals surface area contributed by atoms with E-state index in [1.807, 2.05) is 30.5 Å². The van der Waals surface area contributed by atoms with E-state index >= 15 is 0 Å². The highest BCUT2D eigenvalue weighted by Gasteiger charge is 2.17. The van der Waals surface area contributed by atoms with E-state index in [4.69, 9.17) is 14.5 Å². The standard InChI is InChI=1S/C27H27N5O4/c1-35-18-10-12-24(36-2)20(15-18)22-11-13-27(34)32(30-22)17-26(33)29-21-8-4-3-7-19(21)23-16-31-14-6-5-9-25(31)28-23/h3-4,7-8,10-13,15-16H,5-6,9,14,17H2,1-2H3,(H,29,33). The van der Waals surface area contributed by atoms with Crippen molar-refractivity contribution in [1.82, 2.24) is 19.3 Å². The van der Waals surface area contributed by atoms with Crippen molar-refractivity contribution in [3.8, 4) is 34.0 Å². The van der Waals surface area contributed by atoms with E-state index in [2.05, 4.69) is 15.0 Å². The topological polar surface area (TPSA) is 100 Å². The van der Waals surface area contributed by atoms with Gasteiger partial charge >= 0.3 is 0 Å². The van der Waals surface area contributed by atoms with Gasteiger partial charge in [0.25, 0.3) is 5.56 Å². The molecule has 9 heteroatoms. The molecular weight excluding hydrogens is 458 g/mol. The largest absolute Gasteiger partial charge is 0.497 e. The van der Waals surface area contributed by atoms with Crippen LogP contribution in [0.3, 0.4) is 0 Å². The molecule has 0 fully saturated rings. The van der Waals surface area contributed by atoms with Gasteiger partial charge in [-0.05, 0) is 43.2 Å². The second-order valence-corrected chi connectivity index (χ2v) is 8.57. The van der Waals surface area contributed by atoms with Gasteiger partial charge in [0.2, 0.25) is 5.91 Å². The highest BCUT2D eigenvalue weighted by atomic mass is 16.5. The zero-order chi connectivity index (χ0) is 25.1. The number of fused-ring (bicyclic) bond motifs is 1. The lowest BCUT2D eigenvalue weighted by molar-refractivity contribution is -0.117. The Morgan fingerprint density at radius 3 is 2.67 bits per heavy atom. The minimum Gasteiger partial charge on any atom is -0.497 e. The Bertz CT molecular complexity index is 1450. The molecule has 3 heterocycles. The summed E-state index contributed by atoms with van der Waals surface area (Å²) in [6, 6.07) is 15.8. The van der Waals surface area contributed by atoms with Crippen molar-refractivity contribution < 1.29 is 14.3 Å². The SMILES string of the molecule is COc1ccc(OC)c(-c2ccc(=O)n(CC(=O)Nc3ccccc3-c3cn4c(n3)CCCC4)n2)c1. The van der Waals surface area contributed by atoms with Gasteiger partial charge in [-0.15, -0.1) is 0 Å². The number of methoxy groups -OCH3 is 2. The molecule has 0 aliphatic carbocycles. The van der Waals surface area contributed by atoms with E-state index in [1.54, 1.807) is 38.5 Å². The molecule has 0 saturated heterocycles. The third-order valence-corrected chi connectivity index (χ3v) is 6.23. The summed E-state index contributed by atoms with van der Waals surface area (Å²) in [5, 5.41) is 7.36. The van der Waals surface area contributed by atoms with Crippen molar-refractivity contribution in [2.75, 3.05) is 19.5 Å².